The molecule has 0 radical (unpaired) electrons. The molecule has 104 valence electrons. The molecule has 0 saturated carbocycles. The van der Waals surface area contributed by atoms with E-state index in [4.69, 9.17) is 23.2 Å². The molecule has 0 aliphatic heterocycles. The first-order chi connectivity index (χ1) is 9.56. The van der Waals surface area contributed by atoms with Crippen LogP contribution in [0.15, 0.2) is 42.5 Å². The highest BCUT2D eigenvalue weighted by atomic mass is 127. The minimum absolute atomic E-state index is 0.117. The van der Waals surface area contributed by atoms with E-state index in [2.05, 4.69) is 33.2 Å². The van der Waals surface area contributed by atoms with Crippen molar-refractivity contribution in [2.75, 3.05) is 17.2 Å². The maximum Gasteiger partial charge on any atom is 0.243 e. The number of rotatable bonds is 4. The summed E-state index contributed by atoms with van der Waals surface area (Å²) in [6.45, 7) is 0.117. The number of carbonyl (C=O) groups is 1. The van der Waals surface area contributed by atoms with Crippen LogP contribution in [0.5, 0.6) is 0 Å². The summed E-state index contributed by atoms with van der Waals surface area (Å²) in [5, 5.41) is 6.61. The number of halogens is 3. The van der Waals surface area contributed by atoms with E-state index in [1.807, 2.05) is 24.3 Å². The van der Waals surface area contributed by atoms with Crippen LogP contribution in [-0.4, -0.2) is 12.5 Å². The van der Waals surface area contributed by atoms with Crippen LogP contribution in [0.4, 0.5) is 11.4 Å². The van der Waals surface area contributed by atoms with Crippen molar-refractivity contribution in [1.29, 1.82) is 0 Å². The number of hydrogen-bond acceptors (Lipinski definition) is 2. The number of carbonyl (C=O) groups excluding carboxylic acids is 1. The van der Waals surface area contributed by atoms with Gasteiger partial charge in [-0.25, -0.2) is 0 Å². The predicted octanol–water partition coefficient (Wildman–Crippen LogP) is 4.65. The molecule has 0 saturated heterocycles. The van der Waals surface area contributed by atoms with Crippen molar-refractivity contribution in [3.63, 3.8) is 0 Å². The summed E-state index contributed by atoms with van der Waals surface area (Å²) in [7, 11) is 0. The average Bonchev–Trinajstić information content (AvgIpc) is 2.43. The molecule has 0 aromatic heterocycles. The summed E-state index contributed by atoms with van der Waals surface area (Å²) in [6.07, 6.45) is 0. The Morgan fingerprint density at radius 2 is 1.80 bits per heavy atom. The average molecular weight is 421 g/mol. The smallest absolute Gasteiger partial charge is 0.243 e. The number of hydrogen-bond donors (Lipinski definition) is 2. The normalized spacial score (nSPS) is 10.2. The number of nitrogens with one attached hydrogen (secondary N) is 2. The molecule has 0 aliphatic rings. The SMILES string of the molecule is O=C(CNc1cccc(Cl)c1Cl)Nc1ccc(I)cc1. The van der Waals surface area contributed by atoms with Gasteiger partial charge in [-0.2, -0.15) is 0 Å². The van der Waals surface area contributed by atoms with Crippen LogP contribution < -0.4 is 10.6 Å². The van der Waals surface area contributed by atoms with E-state index in [0.717, 1.165) is 9.26 Å². The summed E-state index contributed by atoms with van der Waals surface area (Å²) in [4.78, 5) is 11.8. The summed E-state index contributed by atoms with van der Waals surface area (Å²) >= 11 is 14.1. The van der Waals surface area contributed by atoms with Crippen molar-refractivity contribution in [1.82, 2.24) is 0 Å². The molecule has 0 fully saturated rings. The van der Waals surface area contributed by atoms with Gasteiger partial charge in [0, 0.05) is 9.26 Å². The molecule has 0 heterocycles. The van der Waals surface area contributed by atoms with Crippen molar-refractivity contribution in [2.24, 2.45) is 0 Å². The molecule has 0 atom stereocenters. The van der Waals surface area contributed by atoms with Gasteiger partial charge in [0.1, 0.15) is 0 Å². The first-order valence-corrected chi connectivity index (χ1v) is 7.63. The Morgan fingerprint density at radius 1 is 1.10 bits per heavy atom. The minimum atomic E-state index is -0.151. The third-order valence-corrected chi connectivity index (χ3v) is 4.06. The lowest BCUT2D eigenvalue weighted by molar-refractivity contribution is -0.114. The molecule has 3 nitrogen and oxygen atoms in total. The minimum Gasteiger partial charge on any atom is -0.375 e. The fourth-order valence-electron chi connectivity index (χ4n) is 1.55. The highest BCUT2D eigenvalue weighted by Crippen LogP contribution is 2.29. The Kier molecular flexibility index (Phi) is 5.51. The molecule has 2 rings (SSSR count). The first kappa shape index (κ1) is 15.4. The molecular weight excluding hydrogens is 410 g/mol. The zero-order valence-corrected chi connectivity index (χ0v) is 14.0. The van der Waals surface area contributed by atoms with Gasteiger partial charge < -0.3 is 10.6 Å². The van der Waals surface area contributed by atoms with Gasteiger partial charge >= 0.3 is 0 Å². The largest absolute Gasteiger partial charge is 0.375 e. The zero-order chi connectivity index (χ0) is 14.5. The molecule has 20 heavy (non-hydrogen) atoms. The number of amides is 1. The molecule has 0 unspecified atom stereocenters. The summed E-state index contributed by atoms with van der Waals surface area (Å²) in [5.41, 5.74) is 1.39. The molecule has 2 aromatic carbocycles. The summed E-state index contributed by atoms with van der Waals surface area (Å²) < 4.78 is 1.12. The van der Waals surface area contributed by atoms with Gasteiger partial charge in [-0.1, -0.05) is 29.3 Å². The van der Waals surface area contributed by atoms with E-state index in [-0.39, 0.29) is 12.5 Å². The Morgan fingerprint density at radius 3 is 2.50 bits per heavy atom. The molecule has 2 aromatic rings. The van der Waals surface area contributed by atoms with E-state index in [1.165, 1.54) is 0 Å². The van der Waals surface area contributed by atoms with Gasteiger partial charge in [0.25, 0.3) is 0 Å². The highest BCUT2D eigenvalue weighted by molar-refractivity contribution is 14.1. The molecule has 0 bridgehead atoms. The number of anilines is 2. The Bertz CT molecular complexity index is 617. The van der Waals surface area contributed by atoms with Crippen LogP contribution in [0.25, 0.3) is 0 Å². The van der Waals surface area contributed by atoms with E-state index in [9.17, 15) is 4.79 Å². The van der Waals surface area contributed by atoms with E-state index < -0.39 is 0 Å². The van der Waals surface area contributed by atoms with Crippen LogP contribution in [0.1, 0.15) is 0 Å². The second-order valence-corrected chi connectivity index (χ2v) is 6.04. The van der Waals surface area contributed by atoms with Crippen LogP contribution in [0.2, 0.25) is 10.0 Å². The van der Waals surface area contributed by atoms with Crippen LogP contribution >= 0.6 is 45.8 Å². The van der Waals surface area contributed by atoms with Crippen molar-refractivity contribution >= 4 is 63.1 Å². The van der Waals surface area contributed by atoms with Crippen molar-refractivity contribution in [3.8, 4) is 0 Å². The third-order valence-electron chi connectivity index (χ3n) is 2.52. The highest BCUT2D eigenvalue weighted by Gasteiger charge is 2.06. The lowest BCUT2D eigenvalue weighted by atomic mass is 10.3. The van der Waals surface area contributed by atoms with E-state index in [0.29, 0.717) is 15.7 Å². The second-order valence-electron chi connectivity index (χ2n) is 4.01. The van der Waals surface area contributed by atoms with Crippen LogP contribution in [-0.2, 0) is 4.79 Å². The topological polar surface area (TPSA) is 41.1 Å². The van der Waals surface area contributed by atoms with Crippen LogP contribution in [0, 0.1) is 3.57 Å². The van der Waals surface area contributed by atoms with Gasteiger partial charge in [0.05, 0.1) is 22.3 Å². The predicted molar refractivity (Wildman–Crippen MR) is 92.7 cm³/mol. The lowest BCUT2D eigenvalue weighted by Gasteiger charge is -2.10. The third kappa shape index (κ3) is 4.26. The maximum absolute atomic E-state index is 11.8. The van der Waals surface area contributed by atoms with Crippen molar-refractivity contribution in [3.05, 3.63) is 56.1 Å². The van der Waals surface area contributed by atoms with Gasteiger partial charge in [0.15, 0.2) is 0 Å². The summed E-state index contributed by atoms with van der Waals surface area (Å²) in [5.74, 6) is -0.151. The second kappa shape index (κ2) is 7.15. The van der Waals surface area contributed by atoms with Gasteiger partial charge in [-0.05, 0) is 59.0 Å². The first-order valence-electron chi connectivity index (χ1n) is 5.79. The molecule has 2 N–H and O–H groups in total. The van der Waals surface area contributed by atoms with Gasteiger partial charge in [0.2, 0.25) is 5.91 Å². The molecule has 0 aliphatic carbocycles. The van der Waals surface area contributed by atoms with E-state index in [1.54, 1.807) is 18.2 Å². The van der Waals surface area contributed by atoms with Crippen molar-refractivity contribution < 1.29 is 4.79 Å². The lowest BCUT2D eigenvalue weighted by Crippen LogP contribution is -2.21. The quantitative estimate of drug-likeness (QED) is 0.707. The Balaban J connectivity index is 1.92. The monoisotopic (exact) mass is 420 g/mol. The molecular formula is C14H11Cl2IN2O. The van der Waals surface area contributed by atoms with Gasteiger partial charge in [-0.3, -0.25) is 4.79 Å². The molecule has 0 spiro atoms. The van der Waals surface area contributed by atoms with E-state index >= 15 is 0 Å². The van der Waals surface area contributed by atoms with Gasteiger partial charge in [-0.15, -0.1) is 0 Å². The number of benzene rings is 2. The molecule has 1 amide bonds. The molecule has 6 heteroatoms. The van der Waals surface area contributed by atoms with Crippen LogP contribution in [0.3, 0.4) is 0 Å². The summed E-state index contributed by atoms with van der Waals surface area (Å²) in [6, 6.07) is 12.8. The Labute approximate surface area is 140 Å². The fourth-order valence-corrected chi connectivity index (χ4v) is 2.28. The Hall–Kier alpha value is -0.980. The fraction of sp³-hybridized carbons (Fsp3) is 0.0714. The standard InChI is InChI=1S/C14H11Cl2IN2O/c15-11-2-1-3-12(14(11)16)18-8-13(20)19-10-6-4-9(17)5-7-10/h1-7,18H,8H2,(H,19,20). The maximum atomic E-state index is 11.8. The van der Waals surface area contributed by atoms with Crippen molar-refractivity contribution in [2.45, 2.75) is 0 Å². The zero-order valence-electron chi connectivity index (χ0n) is 10.3.